The Kier molecular flexibility index (Phi) is 7.29. The van der Waals surface area contributed by atoms with E-state index >= 15 is 0 Å². The van der Waals surface area contributed by atoms with Crippen molar-refractivity contribution in [3.05, 3.63) is 54.0 Å². The number of amides is 2. The Morgan fingerprint density at radius 3 is 2.62 bits per heavy atom. The first-order valence-electron chi connectivity index (χ1n) is 9.81. The van der Waals surface area contributed by atoms with Gasteiger partial charge in [-0.3, -0.25) is 4.90 Å². The second-order valence-electron chi connectivity index (χ2n) is 7.05. The number of furan rings is 1. The maximum absolute atomic E-state index is 12.3. The lowest BCUT2D eigenvalue weighted by Gasteiger charge is -2.33. The van der Waals surface area contributed by atoms with E-state index in [1.807, 2.05) is 12.1 Å². The van der Waals surface area contributed by atoms with E-state index in [4.69, 9.17) is 4.42 Å². The van der Waals surface area contributed by atoms with Crippen LogP contribution in [0.3, 0.4) is 0 Å². The van der Waals surface area contributed by atoms with Crippen molar-refractivity contribution in [2.24, 2.45) is 0 Å². The van der Waals surface area contributed by atoms with Crippen molar-refractivity contribution >= 4 is 16.1 Å². The molecular formula is C20H28N4O4S. The number of sulfonamides is 1. The predicted molar refractivity (Wildman–Crippen MR) is 110 cm³/mol. The van der Waals surface area contributed by atoms with Gasteiger partial charge in [0.05, 0.1) is 17.2 Å². The minimum atomic E-state index is -3.51. The van der Waals surface area contributed by atoms with Crippen molar-refractivity contribution in [3.8, 4) is 0 Å². The molecule has 29 heavy (non-hydrogen) atoms. The van der Waals surface area contributed by atoms with Crippen LogP contribution < -0.4 is 15.4 Å². The first-order chi connectivity index (χ1) is 14.0. The molecule has 1 atom stereocenters. The lowest BCUT2D eigenvalue weighted by molar-refractivity contribution is 0.143. The fourth-order valence-corrected chi connectivity index (χ4v) is 4.30. The minimum absolute atomic E-state index is 0.000138. The topological polar surface area (TPSA) is 104 Å². The van der Waals surface area contributed by atoms with E-state index in [9.17, 15) is 13.2 Å². The van der Waals surface area contributed by atoms with Gasteiger partial charge in [-0.05, 0) is 62.8 Å². The van der Waals surface area contributed by atoms with Gasteiger partial charge in [-0.25, -0.2) is 17.9 Å². The molecule has 8 nitrogen and oxygen atoms in total. The van der Waals surface area contributed by atoms with Crippen molar-refractivity contribution in [1.29, 1.82) is 0 Å². The number of hydrogen-bond donors (Lipinski definition) is 3. The monoisotopic (exact) mass is 420 g/mol. The zero-order chi connectivity index (χ0) is 20.7. The number of hydrogen-bond acceptors (Lipinski definition) is 5. The third-order valence-corrected chi connectivity index (χ3v) is 6.50. The molecule has 0 bridgehead atoms. The van der Waals surface area contributed by atoms with Crippen LogP contribution in [0.15, 0.2) is 52.0 Å². The van der Waals surface area contributed by atoms with E-state index in [2.05, 4.69) is 20.3 Å². The smallest absolute Gasteiger partial charge is 0.315 e. The van der Waals surface area contributed by atoms with E-state index in [1.54, 1.807) is 24.5 Å². The van der Waals surface area contributed by atoms with E-state index in [0.29, 0.717) is 12.1 Å². The van der Waals surface area contributed by atoms with Crippen LogP contribution in [0.2, 0.25) is 0 Å². The van der Waals surface area contributed by atoms with Crippen LogP contribution in [0.25, 0.3) is 0 Å². The highest BCUT2D eigenvalue weighted by molar-refractivity contribution is 7.89. The van der Waals surface area contributed by atoms with E-state index < -0.39 is 10.0 Å². The fourth-order valence-electron chi connectivity index (χ4n) is 3.50. The molecule has 1 aliphatic rings. The number of rotatable bonds is 8. The van der Waals surface area contributed by atoms with Crippen molar-refractivity contribution in [1.82, 2.24) is 20.3 Å². The zero-order valence-corrected chi connectivity index (χ0v) is 17.4. The summed E-state index contributed by atoms with van der Waals surface area (Å²) in [5.74, 6) is 0.845. The predicted octanol–water partition coefficient (Wildman–Crippen LogP) is 2.21. The van der Waals surface area contributed by atoms with Gasteiger partial charge in [0.2, 0.25) is 10.0 Å². The quantitative estimate of drug-likeness (QED) is 0.608. The number of nitrogens with zero attached hydrogens (tertiary/aromatic N) is 1. The Balaban J connectivity index is 1.55. The number of likely N-dealkylation sites (tertiary alicyclic amines) is 1. The van der Waals surface area contributed by atoms with Crippen molar-refractivity contribution < 1.29 is 17.6 Å². The van der Waals surface area contributed by atoms with Gasteiger partial charge in [-0.15, -0.1) is 0 Å². The average Bonchev–Trinajstić information content (AvgIpc) is 3.28. The third kappa shape index (κ3) is 5.81. The van der Waals surface area contributed by atoms with Gasteiger partial charge in [0.25, 0.3) is 0 Å². The Morgan fingerprint density at radius 1 is 1.14 bits per heavy atom. The zero-order valence-electron chi connectivity index (χ0n) is 16.6. The molecule has 0 saturated carbocycles. The number of nitrogens with one attached hydrogen (secondary N) is 3. The van der Waals surface area contributed by atoms with Crippen LogP contribution in [0.1, 0.15) is 36.6 Å². The van der Waals surface area contributed by atoms with Crippen LogP contribution in [0.4, 0.5) is 4.79 Å². The molecule has 0 radical (unpaired) electrons. The molecule has 1 aromatic carbocycles. The summed E-state index contributed by atoms with van der Waals surface area (Å²) in [4.78, 5) is 14.8. The second-order valence-corrected chi connectivity index (χ2v) is 8.93. The van der Waals surface area contributed by atoms with E-state index in [1.165, 1.54) is 19.5 Å². The number of urea groups is 1. The highest BCUT2D eigenvalue weighted by Gasteiger charge is 2.24. The largest absolute Gasteiger partial charge is 0.468 e. The van der Waals surface area contributed by atoms with Gasteiger partial charge in [-0.2, -0.15) is 0 Å². The number of carbonyl (C=O) groups excluding carboxylic acids is 1. The minimum Gasteiger partial charge on any atom is -0.468 e. The summed E-state index contributed by atoms with van der Waals surface area (Å²) in [7, 11) is -2.15. The lowest BCUT2D eigenvalue weighted by atomic mass is 10.1. The van der Waals surface area contributed by atoms with Crippen molar-refractivity contribution in [2.75, 3.05) is 26.7 Å². The Labute approximate surface area is 171 Å². The first kappa shape index (κ1) is 21.4. The van der Waals surface area contributed by atoms with Crippen molar-refractivity contribution in [2.45, 2.75) is 36.7 Å². The first-order valence-corrected chi connectivity index (χ1v) is 11.3. The van der Waals surface area contributed by atoms with Gasteiger partial charge in [0.15, 0.2) is 0 Å². The van der Waals surface area contributed by atoms with Gasteiger partial charge in [0.1, 0.15) is 5.76 Å². The number of piperidine rings is 1. The summed E-state index contributed by atoms with van der Waals surface area (Å²) < 4.78 is 31.7. The van der Waals surface area contributed by atoms with Crippen LogP contribution in [-0.2, 0) is 16.6 Å². The molecule has 3 rings (SSSR count). The molecule has 3 N–H and O–H groups in total. The number of benzene rings is 1. The molecule has 9 heteroatoms. The highest BCUT2D eigenvalue weighted by Crippen LogP contribution is 2.24. The summed E-state index contributed by atoms with van der Waals surface area (Å²) in [5.41, 5.74) is 0.704. The molecular weight excluding hydrogens is 392 g/mol. The third-order valence-electron chi connectivity index (χ3n) is 5.09. The van der Waals surface area contributed by atoms with Gasteiger partial charge in [-0.1, -0.05) is 18.6 Å². The Morgan fingerprint density at radius 2 is 1.93 bits per heavy atom. The van der Waals surface area contributed by atoms with Crippen LogP contribution in [0, 0.1) is 0 Å². The Hall–Kier alpha value is -2.36. The van der Waals surface area contributed by atoms with Gasteiger partial charge < -0.3 is 15.1 Å². The molecule has 2 aromatic rings. The average molecular weight is 421 g/mol. The maximum Gasteiger partial charge on any atom is 0.315 e. The lowest BCUT2D eigenvalue weighted by Crippen LogP contribution is -2.43. The summed E-state index contributed by atoms with van der Waals surface area (Å²) in [5, 5.41) is 5.70. The number of carbonyl (C=O) groups is 1. The summed E-state index contributed by atoms with van der Waals surface area (Å²) in [6.45, 7) is 2.64. The Bertz CT molecular complexity index is 893. The SMILES string of the molecule is CNS(=O)(=O)c1cccc(CNC(=O)NCC(c2ccco2)N2CCCCC2)c1. The van der Waals surface area contributed by atoms with E-state index in [-0.39, 0.29) is 23.5 Å². The fraction of sp³-hybridized carbons (Fsp3) is 0.450. The van der Waals surface area contributed by atoms with Gasteiger partial charge in [0, 0.05) is 13.1 Å². The molecule has 1 saturated heterocycles. The maximum atomic E-state index is 12.3. The summed E-state index contributed by atoms with van der Waals surface area (Å²) in [6.07, 6.45) is 5.18. The van der Waals surface area contributed by atoms with E-state index in [0.717, 1.165) is 31.7 Å². The molecule has 1 fully saturated rings. The molecule has 0 spiro atoms. The molecule has 1 unspecified atom stereocenters. The van der Waals surface area contributed by atoms with Crippen molar-refractivity contribution in [3.63, 3.8) is 0 Å². The molecule has 2 heterocycles. The molecule has 1 aliphatic heterocycles. The van der Waals surface area contributed by atoms with Crippen LogP contribution >= 0.6 is 0 Å². The second kappa shape index (κ2) is 9.91. The summed E-state index contributed by atoms with van der Waals surface area (Å²) in [6, 6.07) is 9.98. The molecule has 158 valence electrons. The van der Waals surface area contributed by atoms with Gasteiger partial charge >= 0.3 is 6.03 Å². The highest BCUT2D eigenvalue weighted by atomic mass is 32.2. The van der Waals surface area contributed by atoms with Crippen LogP contribution in [0.5, 0.6) is 0 Å². The normalized spacial score (nSPS) is 16.3. The van der Waals surface area contributed by atoms with Crippen LogP contribution in [-0.4, -0.2) is 46.0 Å². The molecule has 2 amide bonds. The molecule has 1 aromatic heterocycles. The summed E-state index contributed by atoms with van der Waals surface area (Å²) >= 11 is 0. The molecule has 0 aliphatic carbocycles. The standard InChI is InChI=1S/C20H28N4O4S/c1-21-29(26,27)17-8-5-7-16(13-17)14-22-20(25)23-15-18(19-9-6-12-28-19)24-10-3-2-4-11-24/h5-9,12-13,18,21H,2-4,10-11,14-15H2,1H3,(H2,22,23,25).